The maximum Gasteiger partial charge on any atom is 0.343 e. The van der Waals surface area contributed by atoms with Crippen molar-refractivity contribution >= 4 is 17.5 Å². The van der Waals surface area contributed by atoms with E-state index in [0.29, 0.717) is 22.6 Å². The van der Waals surface area contributed by atoms with Gasteiger partial charge < -0.3 is 4.42 Å². The number of nitrogens with one attached hydrogen (secondary N) is 1. The Labute approximate surface area is 101 Å². The molecule has 2 aromatic rings. The van der Waals surface area contributed by atoms with Gasteiger partial charge in [-0.1, -0.05) is 0 Å². The van der Waals surface area contributed by atoms with E-state index in [0.717, 1.165) is 0 Å². The van der Waals surface area contributed by atoms with Crippen LogP contribution in [-0.4, -0.2) is 20.5 Å². The van der Waals surface area contributed by atoms with E-state index >= 15 is 0 Å². The number of carbonyl (C=O) groups excluding carboxylic acids is 1. The van der Waals surface area contributed by atoms with E-state index in [2.05, 4.69) is 10.2 Å². The zero-order chi connectivity index (χ0) is 12.4. The molecule has 0 saturated carbocycles. The van der Waals surface area contributed by atoms with Crippen LogP contribution in [0.15, 0.2) is 31.6 Å². The van der Waals surface area contributed by atoms with Crippen molar-refractivity contribution in [2.45, 2.75) is 30.6 Å². The van der Waals surface area contributed by atoms with Gasteiger partial charge in [-0.3, -0.25) is 9.36 Å². The predicted octanol–water partition coefficient (Wildman–Crippen LogP) is 1.54. The lowest BCUT2D eigenvalue weighted by atomic mass is 10.3. The summed E-state index contributed by atoms with van der Waals surface area (Å²) in [6, 6.07) is 3.28. The van der Waals surface area contributed by atoms with Crippen LogP contribution >= 0.6 is 11.8 Å². The van der Waals surface area contributed by atoms with Crippen molar-refractivity contribution in [1.82, 2.24) is 14.8 Å². The standard InChI is InChI=1S/C10H11N3O3S/c1-3-13-9(15)11-12-10(13)17-8-5-4-7(16-8)6(2)14/h4-5H,3H2,1-2H3,(H,11,15). The molecule has 0 atom stereocenters. The summed E-state index contributed by atoms with van der Waals surface area (Å²) in [5, 5.41) is 7.29. The Morgan fingerprint density at radius 1 is 1.59 bits per heavy atom. The van der Waals surface area contributed by atoms with Gasteiger partial charge in [-0.25, -0.2) is 9.89 Å². The minimum Gasteiger partial charge on any atom is -0.446 e. The molecule has 0 aliphatic heterocycles. The van der Waals surface area contributed by atoms with Crippen molar-refractivity contribution in [2.75, 3.05) is 0 Å². The van der Waals surface area contributed by atoms with Crippen LogP contribution in [0, 0.1) is 0 Å². The minimum atomic E-state index is -0.256. The number of aromatic amines is 1. The molecular weight excluding hydrogens is 242 g/mol. The smallest absolute Gasteiger partial charge is 0.343 e. The molecule has 17 heavy (non-hydrogen) atoms. The topological polar surface area (TPSA) is 80.9 Å². The highest BCUT2D eigenvalue weighted by Gasteiger charge is 2.12. The molecule has 0 radical (unpaired) electrons. The number of hydrogen-bond acceptors (Lipinski definition) is 5. The summed E-state index contributed by atoms with van der Waals surface area (Å²) in [7, 11) is 0. The summed E-state index contributed by atoms with van der Waals surface area (Å²) in [6.07, 6.45) is 0. The van der Waals surface area contributed by atoms with Gasteiger partial charge in [0.2, 0.25) is 0 Å². The number of Topliss-reactive ketones (excluding diaryl/α,β-unsaturated/α-hetero) is 1. The SMILES string of the molecule is CCn1c(Sc2ccc(C(C)=O)o2)n[nH]c1=O. The Bertz CT molecular complexity index is 596. The maximum atomic E-state index is 11.3. The van der Waals surface area contributed by atoms with Crippen LogP contribution in [0.4, 0.5) is 0 Å². The van der Waals surface area contributed by atoms with E-state index in [9.17, 15) is 9.59 Å². The number of ketones is 1. The molecule has 2 rings (SSSR count). The van der Waals surface area contributed by atoms with E-state index in [1.165, 1.54) is 23.3 Å². The molecule has 0 fully saturated rings. The molecule has 2 aromatic heterocycles. The molecule has 0 amide bonds. The summed E-state index contributed by atoms with van der Waals surface area (Å²) >= 11 is 1.20. The molecular formula is C10H11N3O3S. The Kier molecular flexibility index (Phi) is 3.19. The highest BCUT2D eigenvalue weighted by molar-refractivity contribution is 7.99. The van der Waals surface area contributed by atoms with Gasteiger partial charge in [-0.15, -0.1) is 5.10 Å². The Balaban J connectivity index is 2.25. The molecule has 0 aromatic carbocycles. The van der Waals surface area contributed by atoms with E-state index in [-0.39, 0.29) is 11.5 Å². The number of rotatable bonds is 4. The van der Waals surface area contributed by atoms with Crippen LogP contribution in [-0.2, 0) is 6.54 Å². The fourth-order valence-corrected chi connectivity index (χ4v) is 2.18. The molecule has 0 unspecified atom stereocenters. The average Bonchev–Trinajstić information content (AvgIpc) is 2.87. The maximum absolute atomic E-state index is 11.3. The predicted molar refractivity (Wildman–Crippen MR) is 61.4 cm³/mol. The molecule has 0 aliphatic carbocycles. The van der Waals surface area contributed by atoms with Gasteiger partial charge in [0.15, 0.2) is 21.8 Å². The molecule has 0 aliphatic rings. The van der Waals surface area contributed by atoms with Gasteiger partial charge in [-0.05, 0) is 30.8 Å². The third-order valence-corrected chi connectivity index (χ3v) is 3.07. The summed E-state index contributed by atoms with van der Waals surface area (Å²) < 4.78 is 6.79. The van der Waals surface area contributed by atoms with Crippen LogP contribution in [0.2, 0.25) is 0 Å². The van der Waals surface area contributed by atoms with Crippen LogP contribution < -0.4 is 5.69 Å². The monoisotopic (exact) mass is 253 g/mol. The number of hydrogen-bond donors (Lipinski definition) is 1. The summed E-state index contributed by atoms with van der Waals surface area (Å²) in [5.41, 5.74) is -0.256. The second kappa shape index (κ2) is 4.62. The number of H-pyrrole nitrogens is 1. The average molecular weight is 253 g/mol. The molecule has 0 saturated heterocycles. The van der Waals surface area contributed by atoms with Crippen LogP contribution in [0.5, 0.6) is 0 Å². The summed E-state index contributed by atoms with van der Waals surface area (Å²) in [6.45, 7) is 3.81. The molecule has 0 bridgehead atoms. The lowest BCUT2D eigenvalue weighted by molar-refractivity contribution is 0.0982. The van der Waals surface area contributed by atoms with E-state index in [1.54, 1.807) is 12.1 Å². The van der Waals surface area contributed by atoms with Gasteiger partial charge in [0, 0.05) is 13.5 Å². The van der Waals surface area contributed by atoms with Crippen molar-refractivity contribution in [3.63, 3.8) is 0 Å². The van der Waals surface area contributed by atoms with Crippen LogP contribution in [0.3, 0.4) is 0 Å². The first kappa shape index (κ1) is 11.7. The fraction of sp³-hybridized carbons (Fsp3) is 0.300. The third-order valence-electron chi connectivity index (χ3n) is 2.16. The van der Waals surface area contributed by atoms with Crippen molar-refractivity contribution in [1.29, 1.82) is 0 Å². The van der Waals surface area contributed by atoms with Gasteiger partial charge in [0.25, 0.3) is 0 Å². The number of furan rings is 1. The molecule has 1 N–H and O–H groups in total. The number of aromatic nitrogens is 3. The van der Waals surface area contributed by atoms with Crippen molar-refractivity contribution in [2.24, 2.45) is 0 Å². The third kappa shape index (κ3) is 2.33. The second-order valence-electron chi connectivity index (χ2n) is 3.33. The van der Waals surface area contributed by atoms with Gasteiger partial charge >= 0.3 is 5.69 Å². The Morgan fingerprint density at radius 3 is 2.94 bits per heavy atom. The number of nitrogens with zero attached hydrogens (tertiary/aromatic N) is 2. The van der Waals surface area contributed by atoms with E-state index in [4.69, 9.17) is 4.42 Å². The zero-order valence-corrected chi connectivity index (χ0v) is 10.2. The molecule has 0 spiro atoms. The van der Waals surface area contributed by atoms with Crippen molar-refractivity contribution in [3.8, 4) is 0 Å². The lowest BCUT2D eigenvalue weighted by Gasteiger charge is -1.98. The quantitative estimate of drug-likeness (QED) is 0.836. The summed E-state index contributed by atoms with van der Waals surface area (Å²) in [5.74, 6) is 0.167. The molecule has 2 heterocycles. The number of carbonyl (C=O) groups is 1. The molecule has 7 heteroatoms. The van der Waals surface area contributed by atoms with Gasteiger partial charge in [0.1, 0.15) is 0 Å². The van der Waals surface area contributed by atoms with Crippen LogP contribution in [0.25, 0.3) is 0 Å². The highest BCUT2D eigenvalue weighted by Crippen LogP contribution is 2.26. The normalized spacial score (nSPS) is 10.7. The zero-order valence-electron chi connectivity index (χ0n) is 9.39. The minimum absolute atomic E-state index is 0.133. The van der Waals surface area contributed by atoms with Crippen molar-refractivity contribution < 1.29 is 9.21 Å². The first-order valence-electron chi connectivity index (χ1n) is 5.05. The first-order chi connectivity index (χ1) is 8.11. The Hall–Kier alpha value is -1.76. The second-order valence-corrected chi connectivity index (χ2v) is 4.30. The first-order valence-corrected chi connectivity index (χ1v) is 5.87. The van der Waals surface area contributed by atoms with Crippen molar-refractivity contribution in [3.05, 3.63) is 28.4 Å². The molecule has 90 valence electrons. The van der Waals surface area contributed by atoms with E-state index < -0.39 is 0 Å². The highest BCUT2D eigenvalue weighted by atomic mass is 32.2. The lowest BCUT2D eigenvalue weighted by Crippen LogP contribution is -2.15. The Morgan fingerprint density at radius 2 is 2.35 bits per heavy atom. The largest absolute Gasteiger partial charge is 0.446 e. The molecule has 6 nitrogen and oxygen atoms in total. The summed E-state index contributed by atoms with van der Waals surface area (Å²) in [4.78, 5) is 22.4. The fourth-order valence-electron chi connectivity index (χ4n) is 1.31. The van der Waals surface area contributed by atoms with Gasteiger partial charge in [-0.2, -0.15) is 0 Å². The van der Waals surface area contributed by atoms with E-state index in [1.807, 2.05) is 6.92 Å². The van der Waals surface area contributed by atoms with Crippen LogP contribution in [0.1, 0.15) is 24.4 Å². The van der Waals surface area contributed by atoms with Gasteiger partial charge in [0.05, 0.1) is 0 Å².